The SMILES string of the molecule is O=C(NCc1cccs1)Nc1ccc(Cl)cc1Cl. The molecule has 0 aliphatic heterocycles. The highest BCUT2D eigenvalue weighted by atomic mass is 35.5. The first-order chi connectivity index (χ1) is 8.65. The van der Waals surface area contributed by atoms with E-state index in [1.54, 1.807) is 29.5 Å². The second kappa shape index (κ2) is 6.09. The number of rotatable bonds is 3. The van der Waals surface area contributed by atoms with E-state index in [1.807, 2.05) is 17.5 Å². The van der Waals surface area contributed by atoms with Crippen LogP contribution in [0.3, 0.4) is 0 Å². The largest absolute Gasteiger partial charge is 0.333 e. The monoisotopic (exact) mass is 300 g/mol. The molecule has 0 aliphatic rings. The zero-order valence-electron chi connectivity index (χ0n) is 9.24. The summed E-state index contributed by atoms with van der Waals surface area (Å²) in [5.41, 5.74) is 0.532. The summed E-state index contributed by atoms with van der Waals surface area (Å²) in [6.45, 7) is 0.495. The molecule has 1 aromatic heterocycles. The molecule has 0 atom stereocenters. The number of benzene rings is 1. The lowest BCUT2D eigenvalue weighted by Gasteiger charge is -2.08. The van der Waals surface area contributed by atoms with Crippen molar-refractivity contribution in [2.75, 3.05) is 5.32 Å². The Labute approximate surface area is 119 Å². The Morgan fingerprint density at radius 3 is 2.78 bits per heavy atom. The van der Waals surface area contributed by atoms with Gasteiger partial charge in [0.05, 0.1) is 17.3 Å². The molecule has 3 nitrogen and oxygen atoms in total. The highest BCUT2D eigenvalue weighted by Crippen LogP contribution is 2.25. The van der Waals surface area contributed by atoms with Crippen molar-refractivity contribution in [2.24, 2.45) is 0 Å². The molecule has 6 heteroatoms. The van der Waals surface area contributed by atoms with Crippen LogP contribution in [0.15, 0.2) is 35.7 Å². The van der Waals surface area contributed by atoms with Crippen molar-refractivity contribution in [3.05, 3.63) is 50.6 Å². The van der Waals surface area contributed by atoms with Crippen LogP contribution in [0.1, 0.15) is 4.88 Å². The zero-order chi connectivity index (χ0) is 13.0. The Balaban J connectivity index is 1.91. The Hall–Kier alpha value is -1.23. The lowest BCUT2D eigenvalue weighted by atomic mass is 10.3. The number of urea groups is 1. The van der Waals surface area contributed by atoms with Crippen molar-refractivity contribution in [3.8, 4) is 0 Å². The van der Waals surface area contributed by atoms with Gasteiger partial charge in [0.15, 0.2) is 0 Å². The van der Waals surface area contributed by atoms with Crippen LogP contribution in [0, 0.1) is 0 Å². The highest BCUT2D eigenvalue weighted by molar-refractivity contribution is 7.09. The molecule has 0 unspecified atom stereocenters. The zero-order valence-corrected chi connectivity index (χ0v) is 11.6. The molecule has 2 rings (SSSR count). The van der Waals surface area contributed by atoms with Crippen LogP contribution in [0.5, 0.6) is 0 Å². The Kier molecular flexibility index (Phi) is 4.47. The molecule has 1 heterocycles. The maximum absolute atomic E-state index is 11.6. The van der Waals surface area contributed by atoms with E-state index in [-0.39, 0.29) is 6.03 Å². The smallest absolute Gasteiger partial charge is 0.319 e. The van der Waals surface area contributed by atoms with Gasteiger partial charge in [-0.1, -0.05) is 29.3 Å². The minimum atomic E-state index is -0.298. The lowest BCUT2D eigenvalue weighted by molar-refractivity contribution is 0.252. The summed E-state index contributed by atoms with van der Waals surface area (Å²) in [6, 6.07) is 8.51. The van der Waals surface area contributed by atoms with Crippen LogP contribution in [-0.2, 0) is 6.54 Å². The average Bonchev–Trinajstić information content (AvgIpc) is 2.83. The van der Waals surface area contributed by atoms with Gasteiger partial charge < -0.3 is 10.6 Å². The normalized spacial score (nSPS) is 10.1. The number of anilines is 1. The quantitative estimate of drug-likeness (QED) is 0.868. The number of hydrogen-bond donors (Lipinski definition) is 2. The summed E-state index contributed by atoms with van der Waals surface area (Å²) in [6.07, 6.45) is 0. The lowest BCUT2D eigenvalue weighted by Crippen LogP contribution is -2.27. The van der Waals surface area contributed by atoms with E-state index in [9.17, 15) is 4.79 Å². The summed E-state index contributed by atoms with van der Waals surface area (Å²) < 4.78 is 0. The van der Waals surface area contributed by atoms with Gasteiger partial charge in [0.25, 0.3) is 0 Å². The van der Waals surface area contributed by atoms with Gasteiger partial charge in [-0.2, -0.15) is 0 Å². The van der Waals surface area contributed by atoms with Crippen LogP contribution in [0.4, 0.5) is 10.5 Å². The maximum atomic E-state index is 11.6. The molecule has 94 valence electrons. The fourth-order valence-corrected chi connectivity index (χ4v) is 2.44. The molecular weight excluding hydrogens is 291 g/mol. The maximum Gasteiger partial charge on any atom is 0.319 e. The number of thiophene rings is 1. The summed E-state index contributed by atoms with van der Waals surface area (Å²) in [7, 11) is 0. The molecule has 1 aromatic carbocycles. The molecule has 0 saturated heterocycles. The number of carbonyl (C=O) groups excluding carboxylic acids is 1. The van der Waals surface area contributed by atoms with E-state index < -0.39 is 0 Å². The molecule has 18 heavy (non-hydrogen) atoms. The number of carbonyl (C=O) groups is 1. The number of amides is 2. The van der Waals surface area contributed by atoms with E-state index in [4.69, 9.17) is 23.2 Å². The van der Waals surface area contributed by atoms with E-state index in [1.165, 1.54) is 0 Å². The van der Waals surface area contributed by atoms with Crippen LogP contribution < -0.4 is 10.6 Å². The summed E-state index contributed by atoms with van der Waals surface area (Å²) in [5, 5.41) is 8.31. The molecule has 2 amide bonds. The topological polar surface area (TPSA) is 41.1 Å². The summed E-state index contributed by atoms with van der Waals surface area (Å²) in [4.78, 5) is 12.7. The van der Waals surface area contributed by atoms with Gasteiger partial charge in [0.2, 0.25) is 0 Å². The van der Waals surface area contributed by atoms with Gasteiger partial charge in [0.1, 0.15) is 0 Å². The van der Waals surface area contributed by atoms with Crippen molar-refractivity contribution >= 4 is 46.3 Å². The van der Waals surface area contributed by atoms with Gasteiger partial charge in [-0.05, 0) is 29.6 Å². The molecule has 0 spiro atoms. The van der Waals surface area contributed by atoms with Crippen molar-refractivity contribution in [2.45, 2.75) is 6.54 Å². The average molecular weight is 301 g/mol. The standard InChI is InChI=1S/C12H10Cl2N2OS/c13-8-3-4-11(10(14)6-8)16-12(17)15-7-9-2-1-5-18-9/h1-6H,7H2,(H2,15,16,17). The molecule has 0 bridgehead atoms. The van der Waals surface area contributed by atoms with Crippen LogP contribution in [-0.4, -0.2) is 6.03 Å². The first kappa shape index (κ1) is 13.2. The van der Waals surface area contributed by atoms with E-state index >= 15 is 0 Å². The van der Waals surface area contributed by atoms with Crippen LogP contribution >= 0.6 is 34.5 Å². The second-order valence-corrected chi connectivity index (χ2v) is 5.39. The van der Waals surface area contributed by atoms with Crippen molar-refractivity contribution in [1.29, 1.82) is 0 Å². The molecular formula is C12H10Cl2N2OS. The fourth-order valence-electron chi connectivity index (χ4n) is 1.34. The van der Waals surface area contributed by atoms with E-state index in [0.29, 0.717) is 22.3 Å². The van der Waals surface area contributed by atoms with E-state index in [0.717, 1.165) is 4.88 Å². The van der Waals surface area contributed by atoms with Crippen molar-refractivity contribution in [1.82, 2.24) is 5.32 Å². The predicted octanol–water partition coefficient (Wildman–Crippen LogP) is 4.38. The van der Waals surface area contributed by atoms with Crippen LogP contribution in [0.2, 0.25) is 10.0 Å². The number of nitrogens with one attached hydrogen (secondary N) is 2. The Morgan fingerprint density at radius 1 is 1.28 bits per heavy atom. The Bertz CT molecular complexity index is 543. The third kappa shape index (κ3) is 3.63. The van der Waals surface area contributed by atoms with Crippen molar-refractivity contribution < 1.29 is 4.79 Å². The van der Waals surface area contributed by atoms with Gasteiger partial charge in [0, 0.05) is 9.90 Å². The predicted molar refractivity (Wildman–Crippen MR) is 76.6 cm³/mol. The molecule has 0 radical (unpaired) electrons. The summed E-state index contributed by atoms with van der Waals surface area (Å²) in [5.74, 6) is 0. The third-order valence-corrected chi connectivity index (χ3v) is 3.61. The second-order valence-electron chi connectivity index (χ2n) is 3.51. The number of hydrogen-bond acceptors (Lipinski definition) is 2. The van der Waals surface area contributed by atoms with Crippen molar-refractivity contribution in [3.63, 3.8) is 0 Å². The number of halogens is 2. The van der Waals surface area contributed by atoms with Gasteiger partial charge >= 0.3 is 6.03 Å². The van der Waals surface area contributed by atoms with Gasteiger partial charge in [-0.15, -0.1) is 11.3 Å². The first-order valence-electron chi connectivity index (χ1n) is 5.17. The van der Waals surface area contributed by atoms with Gasteiger partial charge in [-0.25, -0.2) is 4.79 Å². The third-order valence-electron chi connectivity index (χ3n) is 2.18. The molecule has 0 saturated carbocycles. The fraction of sp³-hybridized carbons (Fsp3) is 0.0833. The Morgan fingerprint density at radius 2 is 2.11 bits per heavy atom. The molecule has 0 fully saturated rings. The minimum absolute atomic E-state index is 0.298. The highest BCUT2D eigenvalue weighted by Gasteiger charge is 2.06. The first-order valence-corrected chi connectivity index (χ1v) is 6.81. The molecule has 2 N–H and O–H groups in total. The molecule has 2 aromatic rings. The summed E-state index contributed by atoms with van der Waals surface area (Å²) >= 11 is 13.3. The molecule has 0 aliphatic carbocycles. The van der Waals surface area contributed by atoms with E-state index in [2.05, 4.69) is 10.6 Å². The van der Waals surface area contributed by atoms with Gasteiger partial charge in [-0.3, -0.25) is 0 Å². The van der Waals surface area contributed by atoms with Crippen LogP contribution in [0.25, 0.3) is 0 Å². The minimum Gasteiger partial charge on any atom is -0.333 e.